The Hall–Kier alpha value is -1.56. The lowest BCUT2D eigenvalue weighted by Gasteiger charge is -2.08. The predicted molar refractivity (Wildman–Crippen MR) is 64.5 cm³/mol. The third-order valence-electron chi connectivity index (χ3n) is 2.54. The van der Waals surface area contributed by atoms with Gasteiger partial charge in [0, 0.05) is 25.3 Å². The van der Waals surface area contributed by atoms with Crippen LogP contribution in [-0.2, 0) is 11.3 Å². The molecule has 1 aromatic heterocycles. The lowest BCUT2D eigenvalue weighted by Crippen LogP contribution is -2.23. The first-order valence-electron chi connectivity index (χ1n) is 5.80. The molecule has 1 amide bonds. The molecule has 0 aliphatic heterocycles. The maximum absolute atomic E-state index is 10.3. The molecule has 0 spiro atoms. The number of hydrogen-bond donors (Lipinski definition) is 2. The number of amides is 1. The number of ether oxygens (including phenoxy) is 1. The van der Waals surface area contributed by atoms with Crippen molar-refractivity contribution in [2.24, 2.45) is 5.73 Å². The van der Waals surface area contributed by atoms with E-state index in [2.05, 4.69) is 29.0 Å². The summed E-state index contributed by atoms with van der Waals surface area (Å²) in [7, 11) is 0. The highest BCUT2D eigenvalue weighted by atomic mass is 16.5. The van der Waals surface area contributed by atoms with Crippen LogP contribution in [0.1, 0.15) is 32.0 Å². The summed E-state index contributed by atoms with van der Waals surface area (Å²) in [5, 5.41) is 7.55. The zero-order valence-corrected chi connectivity index (χ0v) is 10.3. The Morgan fingerprint density at radius 1 is 1.71 bits per heavy atom. The van der Waals surface area contributed by atoms with Gasteiger partial charge in [-0.25, -0.2) is 4.79 Å². The van der Waals surface area contributed by atoms with Crippen LogP contribution >= 0.6 is 0 Å². The summed E-state index contributed by atoms with van der Waals surface area (Å²) in [6.07, 6.45) is 2.29. The van der Waals surface area contributed by atoms with E-state index in [0.717, 1.165) is 12.1 Å². The van der Waals surface area contributed by atoms with Gasteiger partial charge in [0.05, 0.1) is 5.69 Å². The molecule has 1 rings (SSSR count). The van der Waals surface area contributed by atoms with Crippen LogP contribution in [-0.4, -0.2) is 29.0 Å². The van der Waals surface area contributed by atoms with Gasteiger partial charge in [0.1, 0.15) is 6.61 Å². The van der Waals surface area contributed by atoms with Crippen molar-refractivity contribution in [1.29, 1.82) is 0 Å². The van der Waals surface area contributed by atoms with Crippen LogP contribution in [0, 0.1) is 0 Å². The van der Waals surface area contributed by atoms with Gasteiger partial charge in [0.15, 0.2) is 0 Å². The zero-order valence-electron chi connectivity index (χ0n) is 10.3. The first-order valence-corrected chi connectivity index (χ1v) is 5.80. The third kappa shape index (κ3) is 4.86. The molecule has 0 radical (unpaired) electrons. The Kier molecular flexibility index (Phi) is 5.48. The van der Waals surface area contributed by atoms with Crippen molar-refractivity contribution in [3.05, 3.63) is 18.0 Å². The molecule has 6 nitrogen and oxygen atoms in total. The molecule has 0 fully saturated rings. The largest absolute Gasteiger partial charge is 0.448 e. The van der Waals surface area contributed by atoms with E-state index in [9.17, 15) is 4.79 Å². The summed E-state index contributed by atoms with van der Waals surface area (Å²) in [5.41, 5.74) is 5.81. The van der Waals surface area contributed by atoms with Gasteiger partial charge >= 0.3 is 6.09 Å². The Morgan fingerprint density at radius 3 is 3.12 bits per heavy atom. The average molecular weight is 240 g/mol. The van der Waals surface area contributed by atoms with Gasteiger partial charge in [0.2, 0.25) is 0 Å². The van der Waals surface area contributed by atoms with E-state index in [1.807, 2.05) is 16.9 Å². The van der Waals surface area contributed by atoms with E-state index in [-0.39, 0.29) is 6.61 Å². The van der Waals surface area contributed by atoms with Crippen LogP contribution in [0.3, 0.4) is 0 Å². The molecule has 1 aromatic rings. The second-order valence-corrected chi connectivity index (χ2v) is 3.89. The second-order valence-electron chi connectivity index (χ2n) is 3.89. The van der Waals surface area contributed by atoms with Crippen molar-refractivity contribution in [3.8, 4) is 0 Å². The molecule has 96 valence electrons. The molecule has 1 unspecified atom stereocenters. The van der Waals surface area contributed by atoms with E-state index in [1.165, 1.54) is 0 Å². The van der Waals surface area contributed by atoms with Gasteiger partial charge in [-0.2, -0.15) is 5.10 Å². The molecular formula is C11H20N4O2. The number of aromatic nitrogens is 2. The molecular weight excluding hydrogens is 220 g/mol. The van der Waals surface area contributed by atoms with Crippen molar-refractivity contribution < 1.29 is 9.53 Å². The number of nitrogens with one attached hydrogen (secondary N) is 1. The molecule has 6 heteroatoms. The van der Waals surface area contributed by atoms with Crippen molar-refractivity contribution in [1.82, 2.24) is 15.1 Å². The first-order chi connectivity index (χ1) is 8.13. The Labute approximate surface area is 101 Å². The number of nitrogens with two attached hydrogens (primary N) is 1. The molecule has 0 aromatic carbocycles. The summed E-state index contributed by atoms with van der Waals surface area (Å²) in [4.78, 5) is 10.3. The molecule has 0 saturated heterocycles. The number of primary amides is 1. The lowest BCUT2D eigenvalue weighted by molar-refractivity contribution is 0.157. The minimum Gasteiger partial charge on any atom is -0.448 e. The molecule has 0 aliphatic rings. The van der Waals surface area contributed by atoms with Crippen LogP contribution in [0.25, 0.3) is 0 Å². The SMILES string of the molecule is CCC(C)n1ccc(CNCCOC(N)=O)n1. The van der Waals surface area contributed by atoms with Gasteiger partial charge < -0.3 is 15.8 Å². The maximum atomic E-state index is 10.3. The standard InChI is InChI=1S/C11H20N4O2/c1-3-9(2)15-6-4-10(14-15)8-13-5-7-17-11(12)16/h4,6,9,13H,3,5,7-8H2,1-2H3,(H2,12,16). The number of hydrogen-bond acceptors (Lipinski definition) is 4. The van der Waals surface area contributed by atoms with Crippen molar-refractivity contribution >= 4 is 6.09 Å². The van der Waals surface area contributed by atoms with Crippen LogP contribution in [0.2, 0.25) is 0 Å². The molecule has 1 heterocycles. The van der Waals surface area contributed by atoms with Gasteiger partial charge in [-0.15, -0.1) is 0 Å². The fourth-order valence-corrected chi connectivity index (χ4v) is 1.34. The molecule has 3 N–H and O–H groups in total. The zero-order chi connectivity index (χ0) is 12.7. The molecule has 0 bridgehead atoms. The fraction of sp³-hybridized carbons (Fsp3) is 0.636. The van der Waals surface area contributed by atoms with E-state index >= 15 is 0 Å². The van der Waals surface area contributed by atoms with E-state index in [0.29, 0.717) is 19.1 Å². The molecule has 1 atom stereocenters. The normalized spacial score (nSPS) is 12.4. The quantitative estimate of drug-likeness (QED) is 0.698. The summed E-state index contributed by atoms with van der Waals surface area (Å²) in [6.45, 7) is 5.77. The van der Waals surface area contributed by atoms with E-state index in [4.69, 9.17) is 5.73 Å². The molecule has 0 saturated carbocycles. The van der Waals surface area contributed by atoms with E-state index < -0.39 is 6.09 Å². The van der Waals surface area contributed by atoms with Crippen LogP contribution in [0.4, 0.5) is 4.79 Å². The summed E-state index contributed by atoms with van der Waals surface area (Å²) in [6, 6.07) is 2.40. The van der Waals surface area contributed by atoms with Crippen molar-refractivity contribution in [3.63, 3.8) is 0 Å². The minimum atomic E-state index is -0.743. The second kappa shape index (κ2) is 6.90. The highest BCUT2D eigenvalue weighted by Gasteiger charge is 2.04. The summed E-state index contributed by atoms with van der Waals surface area (Å²) in [5.74, 6) is 0. The minimum absolute atomic E-state index is 0.279. The summed E-state index contributed by atoms with van der Waals surface area (Å²) < 4.78 is 6.55. The van der Waals surface area contributed by atoms with Crippen molar-refractivity contribution in [2.45, 2.75) is 32.9 Å². The Balaban J connectivity index is 2.23. The van der Waals surface area contributed by atoms with Crippen LogP contribution in [0.5, 0.6) is 0 Å². The maximum Gasteiger partial charge on any atom is 0.404 e. The first kappa shape index (κ1) is 13.5. The highest BCUT2D eigenvalue weighted by molar-refractivity contribution is 5.64. The number of carbonyl (C=O) groups excluding carboxylic acids is 1. The number of carbonyl (C=O) groups is 1. The Bertz CT molecular complexity index is 351. The predicted octanol–water partition coefficient (Wildman–Crippen LogP) is 1.04. The topological polar surface area (TPSA) is 82.2 Å². The van der Waals surface area contributed by atoms with Crippen LogP contribution in [0.15, 0.2) is 12.3 Å². The van der Waals surface area contributed by atoms with Gasteiger partial charge in [0.25, 0.3) is 0 Å². The third-order valence-corrected chi connectivity index (χ3v) is 2.54. The fourth-order valence-electron chi connectivity index (χ4n) is 1.34. The van der Waals surface area contributed by atoms with Crippen molar-refractivity contribution in [2.75, 3.05) is 13.2 Å². The summed E-state index contributed by atoms with van der Waals surface area (Å²) >= 11 is 0. The van der Waals surface area contributed by atoms with E-state index in [1.54, 1.807) is 0 Å². The number of nitrogens with zero attached hydrogens (tertiary/aromatic N) is 2. The van der Waals surface area contributed by atoms with Gasteiger partial charge in [-0.3, -0.25) is 4.68 Å². The molecule has 0 aliphatic carbocycles. The Morgan fingerprint density at radius 2 is 2.47 bits per heavy atom. The average Bonchev–Trinajstić information content (AvgIpc) is 2.76. The van der Waals surface area contributed by atoms with Gasteiger partial charge in [-0.05, 0) is 19.4 Å². The molecule has 17 heavy (non-hydrogen) atoms. The smallest absolute Gasteiger partial charge is 0.404 e. The number of rotatable bonds is 7. The lowest BCUT2D eigenvalue weighted by atomic mass is 10.3. The monoisotopic (exact) mass is 240 g/mol. The highest BCUT2D eigenvalue weighted by Crippen LogP contribution is 2.08. The van der Waals surface area contributed by atoms with Crippen LogP contribution < -0.4 is 11.1 Å². The van der Waals surface area contributed by atoms with Gasteiger partial charge in [-0.1, -0.05) is 6.92 Å².